The number of carbonyl (C=O) groups is 1. The summed E-state index contributed by atoms with van der Waals surface area (Å²) in [5.74, 6) is 1.56. The molecule has 0 radical (unpaired) electrons. The lowest BCUT2D eigenvalue weighted by Crippen LogP contribution is -2.53. The Hall–Kier alpha value is -1.26. The van der Waals surface area contributed by atoms with Gasteiger partial charge >= 0.3 is 0 Å². The van der Waals surface area contributed by atoms with Gasteiger partial charge in [0.2, 0.25) is 5.91 Å². The molecule has 1 saturated carbocycles. The fourth-order valence-electron chi connectivity index (χ4n) is 4.09. The summed E-state index contributed by atoms with van der Waals surface area (Å²) >= 11 is 0. The van der Waals surface area contributed by atoms with E-state index in [1.165, 1.54) is 5.56 Å². The number of benzene rings is 1. The largest absolute Gasteiger partial charge is 0.497 e. The van der Waals surface area contributed by atoms with E-state index in [2.05, 4.69) is 12.1 Å². The molecule has 5 heteroatoms. The highest BCUT2D eigenvalue weighted by atomic mass is 35.5. The van der Waals surface area contributed by atoms with Crippen LogP contribution in [0.5, 0.6) is 5.75 Å². The number of amides is 1. The molecule has 1 amide bonds. The number of carbonyl (C=O) groups excluding carboxylic acids is 1. The fourth-order valence-corrected chi connectivity index (χ4v) is 4.09. The molecule has 2 fully saturated rings. The Labute approximate surface area is 151 Å². The Balaban J connectivity index is 0.00000208. The van der Waals surface area contributed by atoms with Gasteiger partial charge in [0.15, 0.2) is 0 Å². The zero-order valence-corrected chi connectivity index (χ0v) is 15.5. The van der Waals surface area contributed by atoms with E-state index in [1.807, 2.05) is 24.0 Å². The molecular formula is C19H29ClN2O2. The molecule has 3 unspecified atom stereocenters. The van der Waals surface area contributed by atoms with Gasteiger partial charge in [-0.15, -0.1) is 12.4 Å². The van der Waals surface area contributed by atoms with Crippen LogP contribution in [0, 0.1) is 5.92 Å². The highest BCUT2D eigenvalue weighted by molar-refractivity contribution is 5.85. The van der Waals surface area contributed by atoms with Gasteiger partial charge in [0, 0.05) is 24.5 Å². The number of nitrogens with two attached hydrogens (primary N) is 1. The van der Waals surface area contributed by atoms with E-state index in [-0.39, 0.29) is 29.8 Å². The van der Waals surface area contributed by atoms with E-state index in [4.69, 9.17) is 10.5 Å². The average Bonchev–Trinajstić information content (AvgIpc) is 3.04. The third-order valence-electron chi connectivity index (χ3n) is 5.64. The summed E-state index contributed by atoms with van der Waals surface area (Å²) in [6, 6.07) is 8.23. The highest BCUT2D eigenvalue weighted by Gasteiger charge is 2.41. The quantitative estimate of drug-likeness (QED) is 0.907. The second-order valence-corrected chi connectivity index (χ2v) is 7.35. The zero-order chi connectivity index (χ0) is 16.4. The van der Waals surface area contributed by atoms with Crippen LogP contribution in [0.15, 0.2) is 24.3 Å². The zero-order valence-electron chi connectivity index (χ0n) is 14.7. The first kappa shape index (κ1) is 19.1. The number of hydrogen-bond donors (Lipinski definition) is 1. The van der Waals surface area contributed by atoms with Crippen LogP contribution < -0.4 is 10.5 Å². The average molecular weight is 353 g/mol. The lowest BCUT2D eigenvalue weighted by Gasteiger charge is -2.39. The van der Waals surface area contributed by atoms with Gasteiger partial charge in [0.05, 0.1) is 13.0 Å². The fraction of sp³-hybridized carbons (Fsp3) is 0.632. The summed E-state index contributed by atoms with van der Waals surface area (Å²) in [5.41, 5.74) is 7.36. The molecule has 1 aliphatic carbocycles. The summed E-state index contributed by atoms with van der Waals surface area (Å²) in [5, 5.41) is 0. The van der Waals surface area contributed by atoms with Gasteiger partial charge in [-0.25, -0.2) is 0 Å². The molecule has 134 valence electrons. The highest BCUT2D eigenvalue weighted by Crippen LogP contribution is 2.35. The molecule has 0 bridgehead atoms. The first-order valence-electron chi connectivity index (χ1n) is 8.73. The summed E-state index contributed by atoms with van der Waals surface area (Å²) in [6.07, 6.45) is 5.20. The van der Waals surface area contributed by atoms with Crippen LogP contribution in [0.1, 0.15) is 50.5 Å². The van der Waals surface area contributed by atoms with E-state index in [0.29, 0.717) is 5.92 Å². The predicted molar refractivity (Wildman–Crippen MR) is 98.7 cm³/mol. The van der Waals surface area contributed by atoms with Crippen molar-refractivity contribution in [3.63, 3.8) is 0 Å². The monoisotopic (exact) mass is 352 g/mol. The van der Waals surface area contributed by atoms with Crippen molar-refractivity contribution in [3.8, 4) is 5.75 Å². The van der Waals surface area contributed by atoms with Crippen molar-refractivity contribution in [2.45, 2.75) is 50.5 Å². The van der Waals surface area contributed by atoms with Crippen molar-refractivity contribution in [2.75, 3.05) is 20.2 Å². The maximum absolute atomic E-state index is 12.9. The molecule has 3 atom stereocenters. The molecular weight excluding hydrogens is 324 g/mol. The molecule has 1 aromatic carbocycles. The normalized spacial score (nSPS) is 29.9. The van der Waals surface area contributed by atoms with Crippen molar-refractivity contribution in [2.24, 2.45) is 11.7 Å². The molecule has 0 aromatic heterocycles. The molecule has 2 N–H and O–H groups in total. The summed E-state index contributed by atoms with van der Waals surface area (Å²) in [6.45, 7) is 3.71. The Bertz CT molecular complexity index is 559. The van der Waals surface area contributed by atoms with E-state index in [0.717, 1.165) is 50.9 Å². The van der Waals surface area contributed by atoms with Crippen LogP contribution in [0.3, 0.4) is 0 Å². The van der Waals surface area contributed by atoms with Crippen molar-refractivity contribution in [3.05, 3.63) is 29.8 Å². The molecule has 0 spiro atoms. The number of nitrogens with zero attached hydrogens (tertiary/aromatic N) is 1. The topological polar surface area (TPSA) is 55.6 Å². The van der Waals surface area contributed by atoms with Gasteiger partial charge in [-0.1, -0.05) is 25.0 Å². The molecule has 1 heterocycles. The van der Waals surface area contributed by atoms with Gasteiger partial charge in [-0.2, -0.15) is 0 Å². The van der Waals surface area contributed by atoms with E-state index < -0.39 is 0 Å². The Morgan fingerprint density at radius 1 is 1.25 bits per heavy atom. The molecule has 1 aromatic rings. The summed E-state index contributed by atoms with van der Waals surface area (Å²) in [7, 11) is 1.68. The van der Waals surface area contributed by atoms with Crippen LogP contribution in [-0.2, 0) is 4.79 Å². The van der Waals surface area contributed by atoms with Crippen molar-refractivity contribution < 1.29 is 9.53 Å². The second-order valence-electron chi connectivity index (χ2n) is 7.35. The Morgan fingerprint density at radius 2 is 1.96 bits per heavy atom. The van der Waals surface area contributed by atoms with Crippen LogP contribution >= 0.6 is 12.4 Å². The third-order valence-corrected chi connectivity index (χ3v) is 5.64. The van der Waals surface area contributed by atoms with E-state index in [1.54, 1.807) is 7.11 Å². The standard InChI is InChI=1S/C19H28N2O2.ClH/c1-19(20)11-4-3-5-17(19)18(22)21-12-10-15(13-21)14-6-8-16(23-2)9-7-14;/h6-9,15,17H,3-5,10-13,20H2,1-2H3;1H. The minimum absolute atomic E-state index is 0. The maximum Gasteiger partial charge on any atom is 0.227 e. The molecule has 24 heavy (non-hydrogen) atoms. The predicted octanol–water partition coefficient (Wildman–Crippen LogP) is 3.34. The molecule has 1 saturated heterocycles. The molecule has 3 rings (SSSR count). The number of methoxy groups -OCH3 is 1. The van der Waals surface area contributed by atoms with Crippen molar-refractivity contribution in [1.82, 2.24) is 4.90 Å². The van der Waals surface area contributed by atoms with Crippen LogP contribution in [0.2, 0.25) is 0 Å². The second kappa shape index (κ2) is 7.75. The number of halogens is 1. The Kier molecular flexibility index (Phi) is 6.16. The lowest BCUT2D eigenvalue weighted by atomic mass is 9.74. The van der Waals surface area contributed by atoms with E-state index in [9.17, 15) is 4.79 Å². The molecule has 1 aliphatic heterocycles. The Morgan fingerprint density at radius 3 is 2.58 bits per heavy atom. The van der Waals surface area contributed by atoms with Gasteiger partial charge in [0.25, 0.3) is 0 Å². The first-order chi connectivity index (χ1) is 11.0. The van der Waals surface area contributed by atoms with Gasteiger partial charge in [-0.3, -0.25) is 4.79 Å². The van der Waals surface area contributed by atoms with Crippen LogP contribution in [0.25, 0.3) is 0 Å². The minimum atomic E-state index is -0.340. The maximum atomic E-state index is 12.9. The number of ether oxygens (including phenoxy) is 1. The smallest absolute Gasteiger partial charge is 0.227 e. The van der Waals surface area contributed by atoms with Crippen LogP contribution in [-0.4, -0.2) is 36.5 Å². The number of rotatable bonds is 3. The van der Waals surface area contributed by atoms with Crippen molar-refractivity contribution >= 4 is 18.3 Å². The minimum Gasteiger partial charge on any atom is -0.497 e. The lowest BCUT2D eigenvalue weighted by molar-refractivity contribution is -0.137. The summed E-state index contributed by atoms with van der Waals surface area (Å²) in [4.78, 5) is 15.0. The van der Waals surface area contributed by atoms with Crippen LogP contribution in [0.4, 0.5) is 0 Å². The number of likely N-dealkylation sites (tertiary alicyclic amines) is 1. The third kappa shape index (κ3) is 3.86. The van der Waals surface area contributed by atoms with Gasteiger partial charge in [0.1, 0.15) is 5.75 Å². The van der Waals surface area contributed by atoms with Gasteiger partial charge < -0.3 is 15.4 Å². The van der Waals surface area contributed by atoms with Crippen molar-refractivity contribution in [1.29, 1.82) is 0 Å². The van der Waals surface area contributed by atoms with E-state index >= 15 is 0 Å². The molecule has 4 nitrogen and oxygen atoms in total. The summed E-state index contributed by atoms with van der Waals surface area (Å²) < 4.78 is 5.21. The SMILES string of the molecule is COc1ccc(C2CCN(C(=O)C3CCCCC3(C)N)C2)cc1.Cl. The number of hydrogen-bond acceptors (Lipinski definition) is 3. The molecule has 2 aliphatic rings. The first-order valence-corrected chi connectivity index (χ1v) is 8.73. The van der Waals surface area contributed by atoms with Gasteiger partial charge in [-0.05, 0) is 43.9 Å².